The Bertz CT molecular complexity index is 719. The minimum atomic E-state index is -0.391. The van der Waals surface area contributed by atoms with Crippen LogP contribution in [0.15, 0.2) is 42.6 Å². The van der Waals surface area contributed by atoms with Gasteiger partial charge in [-0.1, -0.05) is 37.4 Å². The van der Waals surface area contributed by atoms with Gasteiger partial charge in [0.05, 0.1) is 0 Å². The fourth-order valence-corrected chi connectivity index (χ4v) is 2.33. The Balaban J connectivity index is 2.01. The zero-order valence-corrected chi connectivity index (χ0v) is 14.3. The smallest absolute Gasteiger partial charge is 0.274 e. The van der Waals surface area contributed by atoms with Crippen LogP contribution < -0.4 is 10.6 Å². The molecule has 1 aromatic carbocycles. The number of hydrogen-bond acceptors (Lipinski definition) is 3. The van der Waals surface area contributed by atoms with Gasteiger partial charge in [-0.2, -0.15) is 0 Å². The number of anilines is 1. The van der Waals surface area contributed by atoms with E-state index in [9.17, 15) is 9.59 Å². The molecule has 1 aromatic heterocycles. The third-order valence-electron chi connectivity index (χ3n) is 3.40. The molecule has 126 valence electrons. The zero-order valence-electron chi connectivity index (χ0n) is 13.5. The molecule has 0 bridgehead atoms. The first-order valence-corrected chi connectivity index (χ1v) is 8.29. The van der Waals surface area contributed by atoms with Gasteiger partial charge >= 0.3 is 0 Å². The average Bonchev–Trinajstić information content (AvgIpc) is 2.58. The van der Waals surface area contributed by atoms with Crippen LogP contribution in [0.3, 0.4) is 0 Å². The molecule has 0 fully saturated rings. The molecule has 1 heterocycles. The molecule has 0 spiro atoms. The molecule has 24 heavy (non-hydrogen) atoms. The second-order valence-electron chi connectivity index (χ2n) is 5.36. The lowest BCUT2D eigenvalue weighted by atomic mass is 10.2. The standard InChI is InChI=1S/C18H20ClN3O2/c1-2-3-4-9-21-17(23)13-8-10-20-16(11-13)18(24)22-15-7-5-6-14(19)12-15/h5-8,10-12H,2-4,9H2,1H3,(H,21,23)(H,22,24). The molecule has 0 saturated heterocycles. The van der Waals surface area contributed by atoms with Crippen LogP contribution in [-0.2, 0) is 0 Å². The number of carbonyl (C=O) groups is 2. The second kappa shape index (κ2) is 9.03. The number of nitrogens with zero attached hydrogens (tertiary/aromatic N) is 1. The van der Waals surface area contributed by atoms with E-state index in [1.54, 1.807) is 30.3 Å². The summed E-state index contributed by atoms with van der Waals surface area (Å²) in [5.74, 6) is -0.594. The van der Waals surface area contributed by atoms with E-state index >= 15 is 0 Å². The van der Waals surface area contributed by atoms with Crippen LogP contribution >= 0.6 is 11.6 Å². The number of unbranched alkanes of at least 4 members (excludes halogenated alkanes) is 2. The van der Waals surface area contributed by atoms with Crippen molar-refractivity contribution in [3.8, 4) is 0 Å². The van der Waals surface area contributed by atoms with Crippen molar-refractivity contribution in [1.82, 2.24) is 10.3 Å². The number of pyridine rings is 1. The van der Waals surface area contributed by atoms with Crippen molar-refractivity contribution in [3.05, 3.63) is 58.9 Å². The molecule has 2 aromatic rings. The molecule has 0 aliphatic heterocycles. The predicted octanol–water partition coefficient (Wildman–Crippen LogP) is 3.91. The first-order valence-electron chi connectivity index (χ1n) is 7.91. The van der Waals surface area contributed by atoms with Crippen molar-refractivity contribution in [2.24, 2.45) is 0 Å². The Morgan fingerprint density at radius 3 is 2.71 bits per heavy atom. The lowest BCUT2D eigenvalue weighted by Gasteiger charge is -2.07. The predicted molar refractivity (Wildman–Crippen MR) is 95.5 cm³/mol. The van der Waals surface area contributed by atoms with Gasteiger partial charge in [0.25, 0.3) is 11.8 Å². The lowest BCUT2D eigenvalue weighted by Crippen LogP contribution is -2.25. The third kappa shape index (κ3) is 5.35. The number of hydrogen-bond donors (Lipinski definition) is 2. The van der Waals surface area contributed by atoms with E-state index in [2.05, 4.69) is 22.5 Å². The first-order chi connectivity index (χ1) is 11.6. The van der Waals surface area contributed by atoms with Crippen LogP contribution in [0.1, 0.15) is 47.0 Å². The molecule has 0 atom stereocenters. The number of nitrogens with one attached hydrogen (secondary N) is 2. The summed E-state index contributed by atoms with van der Waals surface area (Å²) >= 11 is 5.89. The zero-order chi connectivity index (χ0) is 17.4. The Labute approximate surface area is 146 Å². The number of amides is 2. The number of carbonyl (C=O) groups excluding carboxylic acids is 2. The summed E-state index contributed by atoms with van der Waals surface area (Å²) in [6.45, 7) is 2.73. The molecule has 0 aliphatic rings. The minimum Gasteiger partial charge on any atom is -0.352 e. The molecule has 2 rings (SSSR count). The van der Waals surface area contributed by atoms with Gasteiger partial charge in [-0.05, 0) is 36.8 Å². The Morgan fingerprint density at radius 1 is 1.12 bits per heavy atom. The summed E-state index contributed by atoms with van der Waals surface area (Å²) in [6, 6.07) is 9.91. The van der Waals surface area contributed by atoms with Crippen molar-refractivity contribution in [2.45, 2.75) is 26.2 Å². The molecule has 0 radical (unpaired) electrons. The van der Waals surface area contributed by atoms with Crippen molar-refractivity contribution >= 4 is 29.1 Å². The SMILES string of the molecule is CCCCCNC(=O)c1ccnc(C(=O)Nc2cccc(Cl)c2)c1. The quantitative estimate of drug-likeness (QED) is 0.747. The van der Waals surface area contributed by atoms with E-state index in [0.717, 1.165) is 19.3 Å². The summed E-state index contributed by atoms with van der Waals surface area (Å²) in [5.41, 5.74) is 1.16. The molecular formula is C18H20ClN3O2. The topological polar surface area (TPSA) is 71.1 Å². The van der Waals surface area contributed by atoms with Crippen molar-refractivity contribution in [2.75, 3.05) is 11.9 Å². The Morgan fingerprint density at radius 2 is 1.96 bits per heavy atom. The summed E-state index contributed by atoms with van der Waals surface area (Å²) < 4.78 is 0. The highest BCUT2D eigenvalue weighted by molar-refractivity contribution is 6.30. The van der Waals surface area contributed by atoms with E-state index in [1.165, 1.54) is 12.3 Å². The Hall–Kier alpha value is -2.40. The summed E-state index contributed by atoms with van der Waals surface area (Å²) in [5, 5.41) is 6.08. The third-order valence-corrected chi connectivity index (χ3v) is 3.64. The molecule has 0 unspecified atom stereocenters. The van der Waals surface area contributed by atoms with Crippen LogP contribution in [0, 0.1) is 0 Å². The number of rotatable bonds is 7. The average molecular weight is 346 g/mol. The van der Waals surface area contributed by atoms with E-state index in [-0.39, 0.29) is 11.6 Å². The van der Waals surface area contributed by atoms with Gasteiger partial charge in [-0.3, -0.25) is 14.6 Å². The summed E-state index contributed by atoms with van der Waals surface area (Å²) in [6.07, 6.45) is 4.56. The first kappa shape index (κ1) is 17.9. The molecule has 2 N–H and O–H groups in total. The number of benzene rings is 1. The van der Waals surface area contributed by atoms with Gasteiger partial charge in [-0.15, -0.1) is 0 Å². The maximum atomic E-state index is 12.3. The molecule has 5 nitrogen and oxygen atoms in total. The van der Waals surface area contributed by atoms with Crippen LogP contribution in [0.2, 0.25) is 5.02 Å². The van der Waals surface area contributed by atoms with Crippen molar-refractivity contribution in [3.63, 3.8) is 0 Å². The van der Waals surface area contributed by atoms with Crippen LogP contribution in [0.25, 0.3) is 0 Å². The van der Waals surface area contributed by atoms with Crippen LogP contribution in [0.4, 0.5) is 5.69 Å². The lowest BCUT2D eigenvalue weighted by molar-refractivity contribution is 0.0953. The van der Waals surface area contributed by atoms with Crippen LogP contribution in [0.5, 0.6) is 0 Å². The molecule has 0 aliphatic carbocycles. The second-order valence-corrected chi connectivity index (χ2v) is 5.79. The van der Waals surface area contributed by atoms with Gasteiger partial charge in [0, 0.05) is 29.0 Å². The van der Waals surface area contributed by atoms with Gasteiger partial charge in [-0.25, -0.2) is 0 Å². The van der Waals surface area contributed by atoms with E-state index in [1.807, 2.05) is 0 Å². The van der Waals surface area contributed by atoms with Crippen molar-refractivity contribution < 1.29 is 9.59 Å². The van der Waals surface area contributed by atoms with E-state index < -0.39 is 5.91 Å². The minimum absolute atomic E-state index is 0.177. The summed E-state index contributed by atoms with van der Waals surface area (Å²) in [4.78, 5) is 28.4. The largest absolute Gasteiger partial charge is 0.352 e. The highest BCUT2D eigenvalue weighted by Crippen LogP contribution is 2.15. The fourth-order valence-electron chi connectivity index (χ4n) is 2.14. The summed E-state index contributed by atoms with van der Waals surface area (Å²) in [7, 11) is 0. The normalized spacial score (nSPS) is 10.2. The van der Waals surface area contributed by atoms with Gasteiger partial charge in [0.1, 0.15) is 5.69 Å². The maximum Gasteiger partial charge on any atom is 0.274 e. The van der Waals surface area contributed by atoms with Crippen molar-refractivity contribution in [1.29, 1.82) is 0 Å². The number of halogens is 1. The highest BCUT2D eigenvalue weighted by Gasteiger charge is 2.12. The molecule has 6 heteroatoms. The Kier molecular flexibility index (Phi) is 6.75. The maximum absolute atomic E-state index is 12.3. The molecular weight excluding hydrogens is 326 g/mol. The molecule has 0 saturated carbocycles. The molecule has 2 amide bonds. The van der Waals surface area contributed by atoms with Gasteiger partial charge < -0.3 is 10.6 Å². The monoisotopic (exact) mass is 345 g/mol. The van der Waals surface area contributed by atoms with E-state index in [0.29, 0.717) is 22.8 Å². The highest BCUT2D eigenvalue weighted by atomic mass is 35.5. The fraction of sp³-hybridized carbons (Fsp3) is 0.278. The van der Waals surface area contributed by atoms with Gasteiger partial charge in [0.15, 0.2) is 0 Å². The van der Waals surface area contributed by atoms with E-state index in [4.69, 9.17) is 11.6 Å². The number of aromatic nitrogens is 1. The van der Waals surface area contributed by atoms with Gasteiger partial charge in [0.2, 0.25) is 0 Å². The van der Waals surface area contributed by atoms with Crippen LogP contribution in [-0.4, -0.2) is 23.3 Å².